The zero-order valence-corrected chi connectivity index (χ0v) is 12.3. The molecule has 0 fully saturated rings. The number of rotatable bonds is 9. The first-order valence-corrected chi connectivity index (χ1v) is 8.20. The van der Waals surface area contributed by atoms with Gasteiger partial charge in [0.1, 0.15) is 0 Å². The van der Waals surface area contributed by atoms with Crippen LogP contribution in [0.1, 0.15) is 24.5 Å². The van der Waals surface area contributed by atoms with E-state index in [9.17, 15) is 0 Å². The molecule has 0 aliphatic rings. The molecule has 0 amide bonds. The summed E-state index contributed by atoms with van der Waals surface area (Å²) in [7, 11) is 0.0109. The van der Waals surface area contributed by atoms with Crippen LogP contribution in [0.2, 0.25) is 6.04 Å². The van der Waals surface area contributed by atoms with Gasteiger partial charge in [-0.15, -0.1) is 0 Å². The normalized spacial score (nSPS) is 11.1. The molecule has 0 radical (unpaired) electrons. The van der Waals surface area contributed by atoms with Crippen molar-refractivity contribution in [2.24, 2.45) is 0 Å². The zero-order valence-electron chi connectivity index (χ0n) is 10.8. The van der Waals surface area contributed by atoms with Crippen LogP contribution in [0.25, 0.3) is 6.08 Å². The van der Waals surface area contributed by atoms with Gasteiger partial charge in [-0.05, 0) is 11.1 Å². The highest BCUT2D eigenvalue weighted by atomic mass is 28.2. The maximum absolute atomic E-state index is 3.75. The maximum Gasteiger partial charge on any atom is 0.0916 e. The molecule has 17 heavy (non-hydrogen) atoms. The molecule has 2 N–H and O–H groups in total. The second kappa shape index (κ2) is 9.16. The summed E-state index contributed by atoms with van der Waals surface area (Å²) in [6, 6.07) is 9.93. The monoisotopic (exact) mass is 248 g/mol. The largest absolute Gasteiger partial charge is 0.341 e. The molecule has 0 saturated heterocycles. The SMILES string of the molecule is C=Cc1ccc(CNCCN[SiH2]CCC)cc1. The summed E-state index contributed by atoms with van der Waals surface area (Å²) in [6.07, 6.45) is 3.20. The smallest absolute Gasteiger partial charge is 0.0916 e. The van der Waals surface area contributed by atoms with E-state index < -0.39 is 0 Å². The van der Waals surface area contributed by atoms with Crippen molar-refractivity contribution >= 4 is 15.8 Å². The maximum atomic E-state index is 3.75. The van der Waals surface area contributed by atoms with E-state index in [1.165, 1.54) is 23.6 Å². The topological polar surface area (TPSA) is 24.1 Å². The molecule has 0 heterocycles. The fourth-order valence-electron chi connectivity index (χ4n) is 1.61. The third kappa shape index (κ3) is 6.41. The molecule has 0 aromatic heterocycles. The molecule has 1 rings (SSSR count). The van der Waals surface area contributed by atoms with Gasteiger partial charge in [0.05, 0.1) is 9.68 Å². The molecule has 2 nitrogen and oxygen atoms in total. The van der Waals surface area contributed by atoms with Crippen molar-refractivity contribution < 1.29 is 0 Å². The highest BCUT2D eigenvalue weighted by molar-refractivity contribution is 6.31. The van der Waals surface area contributed by atoms with Gasteiger partial charge in [-0.25, -0.2) is 0 Å². The summed E-state index contributed by atoms with van der Waals surface area (Å²) >= 11 is 0. The average Bonchev–Trinajstić information content (AvgIpc) is 2.38. The number of nitrogens with one attached hydrogen (secondary N) is 2. The van der Waals surface area contributed by atoms with Crippen LogP contribution in [0.5, 0.6) is 0 Å². The molecule has 0 spiro atoms. The standard InChI is InChI=1S/C14H24N2Si/c1-3-11-17-16-10-9-15-12-14-7-5-13(4-2)6-8-14/h4-8,15-16H,2-3,9-12,17H2,1H3. The van der Waals surface area contributed by atoms with Gasteiger partial charge in [0.2, 0.25) is 0 Å². The van der Waals surface area contributed by atoms with Crippen molar-refractivity contribution in [2.45, 2.75) is 25.9 Å². The van der Waals surface area contributed by atoms with E-state index in [1.54, 1.807) is 0 Å². The first-order valence-electron chi connectivity index (χ1n) is 6.49. The fourth-order valence-corrected chi connectivity index (χ4v) is 2.64. The van der Waals surface area contributed by atoms with Gasteiger partial charge in [0.25, 0.3) is 0 Å². The summed E-state index contributed by atoms with van der Waals surface area (Å²) in [5.74, 6) is 0. The van der Waals surface area contributed by atoms with Gasteiger partial charge >= 0.3 is 0 Å². The van der Waals surface area contributed by atoms with Crippen LogP contribution in [-0.4, -0.2) is 22.8 Å². The number of hydrogen-bond donors (Lipinski definition) is 2. The number of hydrogen-bond acceptors (Lipinski definition) is 2. The summed E-state index contributed by atoms with van der Waals surface area (Å²) in [5, 5.41) is 3.45. The van der Waals surface area contributed by atoms with Gasteiger partial charge in [-0.1, -0.05) is 56.3 Å². The van der Waals surface area contributed by atoms with Crippen LogP contribution in [0.3, 0.4) is 0 Å². The Bertz CT molecular complexity index is 309. The van der Waals surface area contributed by atoms with Crippen LogP contribution >= 0.6 is 0 Å². The van der Waals surface area contributed by atoms with Crippen molar-refractivity contribution in [1.29, 1.82) is 0 Å². The predicted octanol–water partition coefficient (Wildman–Crippen LogP) is 1.92. The second-order valence-electron chi connectivity index (χ2n) is 4.23. The number of benzene rings is 1. The third-order valence-electron chi connectivity index (χ3n) is 2.73. The van der Waals surface area contributed by atoms with E-state index in [2.05, 4.69) is 48.1 Å². The third-order valence-corrected chi connectivity index (χ3v) is 4.50. The van der Waals surface area contributed by atoms with E-state index in [4.69, 9.17) is 0 Å². The van der Waals surface area contributed by atoms with Gasteiger partial charge in [-0.2, -0.15) is 0 Å². The van der Waals surface area contributed by atoms with E-state index in [0.717, 1.165) is 19.6 Å². The molecular weight excluding hydrogens is 224 g/mol. The summed E-state index contributed by atoms with van der Waals surface area (Å²) in [5.41, 5.74) is 2.52. The molecular formula is C14H24N2Si. The Balaban J connectivity index is 2.07. The first-order chi connectivity index (χ1) is 8.36. The van der Waals surface area contributed by atoms with Gasteiger partial charge < -0.3 is 10.3 Å². The Morgan fingerprint density at radius 1 is 1.24 bits per heavy atom. The van der Waals surface area contributed by atoms with Crippen LogP contribution in [-0.2, 0) is 6.54 Å². The fraction of sp³-hybridized carbons (Fsp3) is 0.429. The molecule has 0 bridgehead atoms. The molecule has 0 atom stereocenters. The van der Waals surface area contributed by atoms with Crippen molar-refractivity contribution in [1.82, 2.24) is 10.3 Å². The Morgan fingerprint density at radius 2 is 2.00 bits per heavy atom. The van der Waals surface area contributed by atoms with Crippen molar-refractivity contribution in [3.8, 4) is 0 Å². The van der Waals surface area contributed by atoms with Crippen LogP contribution in [0.15, 0.2) is 30.8 Å². The highest BCUT2D eigenvalue weighted by Gasteiger charge is 1.92. The van der Waals surface area contributed by atoms with Crippen molar-refractivity contribution in [3.05, 3.63) is 42.0 Å². The molecule has 0 unspecified atom stereocenters. The summed E-state index contributed by atoms with van der Waals surface area (Å²) < 4.78 is 0. The minimum absolute atomic E-state index is 0.0109. The lowest BCUT2D eigenvalue weighted by molar-refractivity contribution is 0.676. The Kier molecular flexibility index (Phi) is 7.63. The van der Waals surface area contributed by atoms with Gasteiger partial charge in [0.15, 0.2) is 0 Å². The van der Waals surface area contributed by atoms with E-state index in [0.29, 0.717) is 0 Å². The van der Waals surface area contributed by atoms with Gasteiger partial charge in [0, 0.05) is 19.6 Å². The first kappa shape index (κ1) is 14.2. The van der Waals surface area contributed by atoms with Crippen LogP contribution in [0, 0.1) is 0 Å². The van der Waals surface area contributed by atoms with Crippen LogP contribution in [0.4, 0.5) is 0 Å². The second-order valence-corrected chi connectivity index (χ2v) is 5.93. The van der Waals surface area contributed by atoms with Gasteiger partial charge in [-0.3, -0.25) is 0 Å². The summed E-state index contributed by atoms with van der Waals surface area (Å²) in [4.78, 5) is 3.55. The quantitative estimate of drug-likeness (QED) is 0.515. The summed E-state index contributed by atoms with van der Waals surface area (Å²) in [6.45, 7) is 9.12. The lowest BCUT2D eigenvalue weighted by Gasteiger charge is -2.06. The molecule has 1 aromatic carbocycles. The molecule has 1 aromatic rings. The van der Waals surface area contributed by atoms with E-state index in [-0.39, 0.29) is 9.68 Å². The minimum atomic E-state index is 0.0109. The molecule has 3 heteroatoms. The lowest BCUT2D eigenvalue weighted by atomic mass is 10.1. The minimum Gasteiger partial charge on any atom is -0.341 e. The zero-order chi connectivity index (χ0) is 12.3. The predicted molar refractivity (Wildman–Crippen MR) is 79.9 cm³/mol. The molecule has 0 aliphatic heterocycles. The van der Waals surface area contributed by atoms with Crippen molar-refractivity contribution in [3.63, 3.8) is 0 Å². The molecule has 94 valence electrons. The van der Waals surface area contributed by atoms with E-state index >= 15 is 0 Å². The molecule has 0 aliphatic carbocycles. The Morgan fingerprint density at radius 3 is 2.65 bits per heavy atom. The Hall–Kier alpha value is -0.903. The van der Waals surface area contributed by atoms with Crippen LogP contribution < -0.4 is 10.3 Å². The average molecular weight is 248 g/mol. The lowest BCUT2D eigenvalue weighted by Crippen LogP contribution is -2.29. The van der Waals surface area contributed by atoms with E-state index in [1.807, 2.05) is 6.08 Å². The van der Waals surface area contributed by atoms with Crippen molar-refractivity contribution in [2.75, 3.05) is 13.1 Å². The molecule has 0 saturated carbocycles. The highest BCUT2D eigenvalue weighted by Crippen LogP contribution is 2.04. The Labute approximate surface area is 107 Å².